The van der Waals surface area contributed by atoms with Crippen LogP contribution in [0.3, 0.4) is 0 Å². The number of benzene rings is 1. The highest BCUT2D eigenvalue weighted by Crippen LogP contribution is 2.18. The predicted molar refractivity (Wildman–Crippen MR) is 100 cm³/mol. The van der Waals surface area contributed by atoms with Crippen LogP contribution in [0.15, 0.2) is 36.5 Å². The summed E-state index contributed by atoms with van der Waals surface area (Å²) in [5.74, 6) is 0.102. The first kappa shape index (κ1) is 17.9. The van der Waals surface area contributed by atoms with Gasteiger partial charge in [0.05, 0.1) is 5.56 Å². The monoisotopic (exact) mass is 353 g/mol. The fourth-order valence-electron chi connectivity index (χ4n) is 2.77. The van der Waals surface area contributed by atoms with Crippen molar-refractivity contribution in [3.8, 4) is 5.75 Å². The molecule has 0 aliphatic heterocycles. The molecule has 0 aliphatic carbocycles. The van der Waals surface area contributed by atoms with Crippen LogP contribution >= 0.6 is 0 Å². The summed E-state index contributed by atoms with van der Waals surface area (Å²) >= 11 is 0. The Morgan fingerprint density at radius 3 is 2.77 bits per heavy atom. The van der Waals surface area contributed by atoms with Crippen molar-refractivity contribution in [3.63, 3.8) is 0 Å². The first-order valence-corrected chi connectivity index (χ1v) is 8.46. The first-order valence-electron chi connectivity index (χ1n) is 8.46. The maximum atomic E-state index is 13.1. The van der Waals surface area contributed by atoms with E-state index >= 15 is 0 Å². The number of carbonyl (C=O) groups excluding carboxylic acids is 1. The minimum Gasteiger partial charge on any atom is -0.508 e. The number of hydrogen-bond donors (Lipinski definition) is 2. The number of phenols is 1. The molecule has 1 amide bonds. The fraction of sp³-hybridized carbons (Fsp3) is 0.316. The number of amides is 1. The summed E-state index contributed by atoms with van der Waals surface area (Å²) in [5, 5.41) is 17.5. The average molecular weight is 353 g/mol. The molecular weight excluding hydrogens is 330 g/mol. The molecule has 0 fully saturated rings. The molecule has 2 heterocycles. The quantitative estimate of drug-likeness (QED) is 0.709. The van der Waals surface area contributed by atoms with E-state index < -0.39 is 0 Å². The van der Waals surface area contributed by atoms with E-state index in [0.717, 1.165) is 23.2 Å². The van der Waals surface area contributed by atoms with Crippen LogP contribution in [0, 0.1) is 6.92 Å². The molecule has 2 aromatic heterocycles. The van der Waals surface area contributed by atoms with Gasteiger partial charge in [-0.25, -0.2) is 4.98 Å². The molecule has 0 saturated carbocycles. The number of H-pyrrole nitrogens is 1. The fourth-order valence-corrected chi connectivity index (χ4v) is 2.77. The Balaban J connectivity index is 1.88. The van der Waals surface area contributed by atoms with Crippen LogP contribution in [0.2, 0.25) is 0 Å². The molecular formula is C19H23N5O2. The van der Waals surface area contributed by atoms with Crippen LogP contribution in [-0.4, -0.2) is 63.2 Å². The van der Waals surface area contributed by atoms with Crippen molar-refractivity contribution in [2.75, 3.05) is 27.2 Å². The third-order valence-electron chi connectivity index (χ3n) is 4.24. The predicted octanol–water partition coefficient (Wildman–Crippen LogP) is 2.18. The molecule has 136 valence electrons. The lowest BCUT2D eigenvalue weighted by Crippen LogP contribution is -2.36. The van der Waals surface area contributed by atoms with Crippen molar-refractivity contribution in [1.82, 2.24) is 25.0 Å². The van der Waals surface area contributed by atoms with E-state index in [9.17, 15) is 9.90 Å². The molecule has 0 bridgehead atoms. The summed E-state index contributed by atoms with van der Waals surface area (Å²) in [6, 6.07) is 8.81. The SMILES string of the molecule is Cc1[nH]nc2ncc(C(=O)N(CCN(C)C)Cc3cccc(O)c3)cc12. The lowest BCUT2D eigenvalue weighted by atomic mass is 10.1. The van der Waals surface area contributed by atoms with Crippen molar-refractivity contribution in [1.29, 1.82) is 0 Å². The average Bonchev–Trinajstić information content (AvgIpc) is 2.98. The molecule has 2 N–H and O–H groups in total. The van der Waals surface area contributed by atoms with Crippen molar-refractivity contribution in [3.05, 3.63) is 53.3 Å². The smallest absolute Gasteiger partial charge is 0.255 e. The maximum absolute atomic E-state index is 13.1. The number of nitrogens with zero attached hydrogens (tertiary/aromatic N) is 4. The van der Waals surface area contributed by atoms with Crippen LogP contribution in [0.1, 0.15) is 21.6 Å². The van der Waals surface area contributed by atoms with Gasteiger partial charge in [0, 0.05) is 36.9 Å². The summed E-state index contributed by atoms with van der Waals surface area (Å²) in [6.07, 6.45) is 1.57. The topological polar surface area (TPSA) is 85.4 Å². The summed E-state index contributed by atoms with van der Waals surface area (Å²) in [6.45, 7) is 3.64. The van der Waals surface area contributed by atoms with E-state index in [2.05, 4.69) is 15.2 Å². The molecule has 0 spiro atoms. The Hall–Kier alpha value is -2.93. The van der Waals surface area contributed by atoms with E-state index in [4.69, 9.17) is 0 Å². The number of nitrogens with one attached hydrogen (secondary N) is 1. The molecule has 26 heavy (non-hydrogen) atoms. The number of aromatic nitrogens is 3. The van der Waals surface area contributed by atoms with Crippen LogP contribution in [0.5, 0.6) is 5.75 Å². The highest BCUT2D eigenvalue weighted by atomic mass is 16.3. The van der Waals surface area contributed by atoms with Gasteiger partial charge in [0.25, 0.3) is 5.91 Å². The molecule has 0 aliphatic rings. The zero-order chi connectivity index (χ0) is 18.7. The summed E-state index contributed by atoms with van der Waals surface area (Å²) in [7, 11) is 3.94. The minimum absolute atomic E-state index is 0.0924. The summed E-state index contributed by atoms with van der Waals surface area (Å²) < 4.78 is 0. The molecule has 0 saturated heterocycles. The summed E-state index contributed by atoms with van der Waals surface area (Å²) in [5.41, 5.74) is 2.90. The van der Waals surface area contributed by atoms with Crippen LogP contribution in [0.4, 0.5) is 0 Å². The Morgan fingerprint density at radius 1 is 1.23 bits per heavy atom. The number of phenolic OH excluding ortho intramolecular Hbond substituents is 1. The molecule has 7 nitrogen and oxygen atoms in total. The number of pyridine rings is 1. The molecule has 1 aromatic carbocycles. The van der Waals surface area contributed by atoms with E-state index in [1.54, 1.807) is 29.3 Å². The Kier molecular flexibility index (Phi) is 5.18. The third kappa shape index (κ3) is 4.00. The molecule has 3 rings (SSSR count). The van der Waals surface area contributed by atoms with Gasteiger partial charge in [-0.2, -0.15) is 5.10 Å². The standard InChI is InChI=1S/C19H23N5O2/c1-13-17-10-15(11-20-18(17)22-21-13)19(26)24(8-7-23(2)3)12-14-5-4-6-16(25)9-14/h4-6,9-11,25H,7-8,12H2,1-3H3,(H,20,21,22). The Labute approximate surface area is 152 Å². The van der Waals surface area contributed by atoms with Gasteiger partial charge in [0.15, 0.2) is 5.65 Å². The number of hydrogen-bond acceptors (Lipinski definition) is 5. The molecule has 7 heteroatoms. The van der Waals surface area contributed by atoms with Gasteiger partial charge >= 0.3 is 0 Å². The van der Waals surface area contributed by atoms with E-state index in [1.165, 1.54) is 0 Å². The number of likely N-dealkylation sites (N-methyl/N-ethyl adjacent to an activating group) is 1. The van der Waals surface area contributed by atoms with Gasteiger partial charge in [0.2, 0.25) is 0 Å². The maximum Gasteiger partial charge on any atom is 0.255 e. The van der Waals surface area contributed by atoms with Gasteiger partial charge < -0.3 is 14.9 Å². The zero-order valence-electron chi connectivity index (χ0n) is 15.2. The number of aryl methyl sites for hydroxylation is 1. The van der Waals surface area contributed by atoms with Crippen LogP contribution < -0.4 is 0 Å². The number of aromatic amines is 1. The van der Waals surface area contributed by atoms with Gasteiger partial charge in [-0.1, -0.05) is 12.1 Å². The highest BCUT2D eigenvalue weighted by Gasteiger charge is 2.18. The normalized spacial score (nSPS) is 11.2. The number of rotatable bonds is 6. The first-order chi connectivity index (χ1) is 12.4. The number of aromatic hydroxyl groups is 1. The van der Waals surface area contributed by atoms with Crippen molar-refractivity contribution in [2.45, 2.75) is 13.5 Å². The van der Waals surface area contributed by atoms with Crippen LogP contribution in [0.25, 0.3) is 11.0 Å². The second kappa shape index (κ2) is 7.53. The Morgan fingerprint density at radius 2 is 2.04 bits per heavy atom. The Bertz CT molecular complexity index is 919. The molecule has 0 atom stereocenters. The molecule has 0 radical (unpaired) electrons. The van der Waals surface area contributed by atoms with E-state index in [0.29, 0.717) is 24.3 Å². The van der Waals surface area contributed by atoms with Gasteiger partial charge in [-0.15, -0.1) is 0 Å². The zero-order valence-corrected chi connectivity index (χ0v) is 15.2. The lowest BCUT2D eigenvalue weighted by Gasteiger charge is -2.24. The second-order valence-corrected chi connectivity index (χ2v) is 6.64. The van der Waals surface area contributed by atoms with Gasteiger partial charge in [-0.3, -0.25) is 9.89 Å². The largest absolute Gasteiger partial charge is 0.508 e. The number of carbonyl (C=O) groups is 1. The number of fused-ring (bicyclic) bond motifs is 1. The van der Waals surface area contributed by atoms with Gasteiger partial charge in [0.1, 0.15) is 5.75 Å². The second-order valence-electron chi connectivity index (χ2n) is 6.64. The highest BCUT2D eigenvalue weighted by molar-refractivity contribution is 5.97. The van der Waals surface area contributed by atoms with E-state index in [-0.39, 0.29) is 11.7 Å². The third-order valence-corrected chi connectivity index (χ3v) is 4.24. The molecule has 3 aromatic rings. The van der Waals surface area contributed by atoms with Crippen molar-refractivity contribution >= 4 is 16.9 Å². The van der Waals surface area contributed by atoms with Crippen molar-refractivity contribution < 1.29 is 9.90 Å². The minimum atomic E-state index is -0.0924. The van der Waals surface area contributed by atoms with E-state index in [1.807, 2.05) is 38.1 Å². The molecule has 0 unspecified atom stereocenters. The summed E-state index contributed by atoms with van der Waals surface area (Å²) in [4.78, 5) is 21.2. The van der Waals surface area contributed by atoms with Crippen molar-refractivity contribution in [2.24, 2.45) is 0 Å². The van der Waals surface area contributed by atoms with Gasteiger partial charge in [-0.05, 0) is 44.8 Å². The lowest BCUT2D eigenvalue weighted by molar-refractivity contribution is 0.0731. The van der Waals surface area contributed by atoms with Crippen LogP contribution in [-0.2, 0) is 6.54 Å².